The number of hydrogen-bond acceptors (Lipinski definition) is 4. The highest BCUT2D eigenvalue weighted by atomic mass is 32.2. The first-order chi connectivity index (χ1) is 10.5. The van der Waals surface area contributed by atoms with Crippen LogP contribution in [-0.2, 0) is 17.4 Å². The third-order valence-corrected chi connectivity index (χ3v) is 3.30. The third kappa shape index (κ3) is 4.02. The van der Waals surface area contributed by atoms with Gasteiger partial charge < -0.3 is 4.57 Å². The van der Waals surface area contributed by atoms with Crippen molar-refractivity contribution in [3.05, 3.63) is 36.8 Å². The lowest BCUT2D eigenvalue weighted by atomic mass is 10.1. The van der Waals surface area contributed by atoms with Crippen LogP contribution in [0.15, 0.2) is 36.8 Å². The zero-order valence-corrected chi connectivity index (χ0v) is 13.5. The van der Waals surface area contributed by atoms with Gasteiger partial charge in [-0.05, 0) is 18.4 Å². The van der Waals surface area contributed by atoms with E-state index in [2.05, 4.69) is 51.7 Å². The van der Waals surface area contributed by atoms with E-state index in [4.69, 9.17) is 8.42 Å². The summed E-state index contributed by atoms with van der Waals surface area (Å²) in [6.07, 6.45) is 4.97. The fraction of sp³-hybridized carbons (Fsp3) is 0.333. The van der Waals surface area contributed by atoms with Crippen LogP contribution in [0.3, 0.4) is 0 Å². The molecule has 1 aromatic carbocycles. The number of nitrogens with zero attached hydrogens (tertiary/aromatic N) is 3. The van der Waals surface area contributed by atoms with Crippen molar-refractivity contribution in [2.24, 2.45) is 11.1 Å². The highest BCUT2D eigenvalue weighted by molar-refractivity contribution is 7.69. The Labute approximate surface area is 131 Å². The summed E-state index contributed by atoms with van der Waals surface area (Å²) in [7, 11) is -2.62. The summed E-state index contributed by atoms with van der Waals surface area (Å²) in [5.74, 6) is 0.704. The normalized spacial score (nSPS) is 11.1. The first kappa shape index (κ1) is 16.4. The maximum atomic E-state index is 8.81. The zero-order chi connectivity index (χ0) is 16.1. The Morgan fingerprint density at radius 1 is 1.18 bits per heavy atom. The fourth-order valence-corrected chi connectivity index (χ4v) is 2.27. The summed E-state index contributed by atoms with van der Waals surface area (Å²) >= 11 is 0. The van der Waals surface area contributed by atoms with Gasteiger partial charge in [0.25, 0.3) is 0 Å². The van der Waals surface area contributed by atoms with Gasteiger partial charge in [-0.2, -0.15) is 0 Å². The molecular weight excluding hydrogens is 300 g/mol. The first-order valence-corrected chi connectivity index (χ1v) is 8.31. The largest absolute Gasteiger partial charge is 0.330 e. The van der Waals surface area contributed by atoms with Gasteiger partial charge in [0.1, 0.15) is 5.52 Å². The maximum Gasteiger partial charge on any atom is 0.198 e. The minimum Gasteiger partial charge on any atom is -0.330 e. The minimum atomic E-state index is -2.62. The number of pyridine rings is 1. The molecule has 2 N–H and O–H groups in total. The molecule has 0 unspecified atom stereocenters. The van der Waals surface area contributed by atoms with Crippen LogP contribution >= 0.6 is 0 Å². The van der Waals surface area contributed by atoms with Crippen LogP contribution in [0.2, 0.25) is 0 Å². The molecule has 0 saturated heterocycles. The smallest absolute Gasteiger partial charge is 0.198 e. The Morgan fingerprint density at radius 3 is 2.55 bits per heavy atom. The van der Waals surface area contributed by atoms with Crippen molar-refractivity contribution in [1.29, 1.82) is 0 Å². The lowest BCUT2D eigenvalue weighted by molar-refractivity contribution is 0.523. The van der Waals surface area contributed by atoms with Crippen molar-refractivity contribution in [3.8, 4) is 0 Å². The molecule has 7 heteroatoms. The van der Waals surface area contributed by atoms with Crippen LogP contribution in [0.1, 0.15) is 20.3 Å². The standard InChI is InChI=1S/C15H17N3.H3NO2S/c1-11(2)7-8-18-10-17-14-9-16-13-6-4-3-5-12(13)15(14)18;1-4(2)3/h3-6,9-11H,7-8H2,1-2H3;4H,(H2,1,2,3). The molecule has 0 aliphatic rings. The van der Waals surface area contributed by atoms with Crippen LogP contribution in [-0.4, -0.2) is 23.0 Å². The Hall–Kier alpha value is -1.99. The van der Waals surface area contributed by atoms with E-state index in [9.17, 15) is 0 Å². The van der Waals surface area contributed by atoms with E-state index in [0.29, 0.717) is 5.92 Å². The molecule has 118 valence electrons. The molecular formula is C15H20N4O2S. The SMILES string of the molecule is CC(C)CCn1cnc2cnc3ccccc3c21.N[SH](=O)=O. The van der Waals surface area contributed by atoms with E-state index in [0.717, 1.165) is 17.6 Å². The number of thiol groups is 1. The van der Waals surface area contributed by atoms with E-state index in [1.165, 1.54) is 17.3 Å². The molecule has 2 heterocycles. The molecule has 0 bridgehead atoms. The molecule has 0 fully saturated rings. The number of rotatable bonds is 3. The summed E-state index contributed by atoms with van der Waals surface area (Å²) in [6, 6.07) is 8.26. The Bertz CT molecular complexity index is 832. The second-order valence-corrected chi connectivity index (χ2v) is 5.99. The zero-order valence-electron chi connectivity index (χ0n) is 12.6. The van der Waals surface area contributed by atoms with Crippen LogP contribution in [0.5, 0.6) is 0 Å². The van der Waals surface area contributed by atoms with Crippen LogP contribution in [0, 0.1) is 5.92 Å². The molecule has 2 aromatic heterocycles. The molecule has 22 heavy (non-hydrogen) atoms. The number of imidazole rings is 1. The van der Waals surface area contributed by atoms with Crippen molar-refractivity contribution in [1.82, 2.24) is 14.5 Å². The van der Waals surface area contributed by atoms with Gasteiger partial charge in [0.05, 0.1) is 23.6 Å². The summed E-state index contributed by atoms with van der Waals surface area (Å²) in [4.78, 5) is 8.89. The van der Waals surface area contributed by atoms with Crippen molar-refractivity contribution in [2.75, 3.05) is 0 Å². The van der Waals surface area contributed by atoms with E-state index >= 15 is 0 Å². The predicted octanol–water partition coefficient (Wildman–Crippen LogP) is 2.10. The Balaban J connectivity index is 0.000000396. The molecule has 0 radical (unpaired) electrons. The van der Waals surface area contributed by atoms with Crippen molar-refractivity contribution in [3.63, 3.8) is 0 Å². The van der Waals surface area contributed by atoms with Crippen molar-refractivity contribution in [2.45, 2.75) is 26.8 Å². The molecule has 6 nitrogen and oxygen atoms in total. The number of nitrogens with two attached hydrogens (primary N) is 1. The number of hydrogen-bond donors (Lipinski definition) is 2. The molecule has 0 aliphatic heterocycles. The van der Waals surface area contributed by atoms with Gasteiger partial charge in [0.2, 0.25) is 0 Å². The highest BCUT2D eigenvalue weighted by Gasteiger charge is 2.08. The van der Waals surface area contributed by atoms with Gasteiger partial charge in [-0.1, -0.05) is 32.0 Å². The van der Waals surface area contributed by atoms with E-state index < -0.39 is 10.9 Å². The summed E-state index contributed by atoms with van der Waals surface area (Å²) in [5.41, 5.74) is 3.23. The molecule has 0 aliphatic carbocycles. The third-order valence-electron chi connectivity index (χ3n) is 3.30. The fourth-order valence-electron chi connectivity index (χ4n) is 2.27. The van der Waals surface area contributed by atoms with Crippen LogP contribution in [0.4, 0.5) is 0 Å². The summed E-state index contributed by atoms with van der Waals surface area (Å²) in [5, 5.41) is 5.26. The molecule has 0 amide bonds. The molecule has 0 atom stereocenters. The van der Waals surface area contributed by atoms with Gasteiger partial charge in [-0.25, -0.2) is 18.5 Å². The average molecular weight is 320 g/mol. The van der Waals surface area contributed by atoms with Gasteiger partial charge in [-0.15, -0.1) is 0 Å². The Kier molecular flexibility index (Phi) is 5.46. The van der Waals surface area contributed by atoms with Gasteiger partial charge in [0, 0.05) is 11.9 Å². The molecule has 0 saturated carbocycles. The molecule has 0 spiro atoms. The van der Waals surface area contributed by atoms with Crippen LogP contribution in [0.25, 0.3) is 21.9 Å². The predicted molar refractivity (Wildman–Crippen MR) is 89.0 cm³/mol. The Morgan fingerprint density at radius 2 is 1.86 bits per heavy atom. The van der Waals surface area contributed by atoms with Crippen LogP contribution < -0.4 is 5.14 Å². The maximum absolute atomic E-state index is 8.81. The number of benzene rings is 1. The second kappa shape index (κ2) is 7.33. The minimum absolute atomic E-state index is 0.704. The number of para-hydroxylation sites is 1. The molecule has 3 rings (SSSR count). The lowest BCUT2D eigenvalue weighted by Crippen LogP contribution is -2.00. The quantitative estimate of drug-likeness (QED) is 0.723. The average Bonchev–Trinajstić information content (AvgIpc) is 2.88. The number of aromatic nitrogens is 3. The van der Waals surface area contributed by atoms with E-state index in [-0.39, 0.29) is 0 Å². The second-order valence-electron chi connectivity index (χ2n) is 5.42. The van der Waals surface area contributed by atoms with Crippen molar-refractivity contribution < 1.29 is 8.42 Å². The highest BCUT2D eigenvalue weighted by Crippen LogP contribution is 2.23. The lowest BCUT2D eigenvalue weighted by Gasteiger charge is -2.08. The van der Waals surface area contributed by atoms with Crippen molar-refractivity contribution >= 4 is 32.8 Å². The molecule has 3 aromatic rings. The first-order valence-electron chi connectivity index (χ1n) is 7.06. The number of fused-ring (bicyclic) bond motifs is 3. The van der Waals surface area contributed by atoms with Gasteiger partial charge in [0.15, 0.2) is 10.9 Å². The van der Waals surface area contributed by atoms with Gasteiger partial charge >= 0.3 is 0 Å². The van der Waals surface area contributed by atoms with E-state index in [1.54, 1.807) is 0 Å². The number of aryl methyl sites for hydroxylation is 1. The van der Waals surface area contributed by atoms with E-state index in [1.807, 2.05) is 18.6 Å². The topological polar surface area (TPSA) is 90.9 Å². The monoisotopic (exact) mass is 320 g/mol. The van der Waals surface area contributed by atoms with Gasteiger partial charge in [-0.3, -0.25) is 4.98 Å². The summed E-state index contributed by atoms with van der Waals surface area (Å²) in [6.45, 7) is 5.51. The summed E-state index contributed by atoms with van der Waals surface area (Å²) < 4.78 is 19.9.